The van der Waals surface area contributed by atoms with E-state index < -0.39 is 24.5 Å². The lowest BCUT2D eigenvalue weighted by molar-refractivity contribution is -0.138. The molecule has 94 valence electrons. The maximum atomic E-state index is 12.0. The van der Waals surface area contributed by atoms with Crippen LogP contribution in [0.4, 0.5) is 13.2 Å². The molecule has 1 atom stereocenters. The SMILES string of the molecule is CC(CC(F)(F)F)NC(=O)c1ccc(Cl)nn1. The summed E-state index contributed by atoms with van der Waals surface area (Å²) in [6, 6.07) is 1.59. The zero-order valence-corrected chi connectivity index (χ0v) is 9.51. The Labute approximate surface area is 100 Å². The van der Waals surface area contributed by atoms with E-state index in [1.807, 2.05) is 0 Å². The number of hydrogen-bond donors (Lipinski definition) is 1. The molecule has 1 N–H and O–H groups in total. The van der Waals surface area contributed by atoms with Crippen molar-refractivity contribution >= 4 is 17.5 Å². The molecule has 0 aromatic carbocycles. The third-order valence-corrected chi connectivity index (χ3v) is 1.98. The molecule has 4 nitrogen and oxygen atoms in total. The van der Waals surface area contributed by atoms with Crippen LogP contribution in [0.5, 0.6) is 0 Å². The van der Waals surface area contributed by atoms with E-state index in [2.05, 4.69) is 15.5 Å². The predicted molar refractivity (Wildman–Crippen MR) is 54.6 cm³/mol. The molecule has 0 radical (unpaired) electrons. The van der Waals surface area contributed by atoms with Crippen molar-refractivity contribution in [1.82, 2.24) is 15.5 Å². The third-order valence-electron chi connectivity index (χ3n) is 1.78. The van der Waals surface area contributed by atoms with Gasteiger partial charge >= 0.3 is 6.18 Å². The highest BCUT2D eigenvalue weighted by Gasteiger charge is 2.30. The van der Waals surface area contributed by atoms with Gasteiger partial charge in [-0.15, -0.1) is 10.2 Å². The van der Waals surface area contributed by atoms with Crippen LogP contribution in [0, 0.1) is 0 Å². The summed E-state index contributed by atoms with van der Waals surface area (Å²) in [7, 11) is 0. The molecule has 1 aromatic heterocycles. The van der Waals surface area contributed by atoms with Crippen LogP contribution in [-0.2, 0) is 0 Å². The Balaban J connectivity index is 2.57. The first-order valence-electron chi connectivity index (χ1n) is 4.65. The number of rotatable bonds is 3. The van der Waals surface area contributed by atoms with Gasteiger partial charge in [-0.25, -0.2) is 0 Å². The minimum Gasteiger partial charge on any atom is -0.348 e. The second kappa shape index (κ2) is 5.31. The molecule has 0 spiro atoms. The average molecular weight is 268 g/mol. The first-order valence-corrected chi connectivity index (χ1v) is 5.02. The Morgan fingerprint density at radius 3 is 2.59 bits per heavy atom. The van der Waals surface area contributed by atoms with Crippen molar-refractivity contribution in [3.63, 3.8) is 0 Å². The molecule has 0 aliphatic carbocycles. The van der Waals surface area contributed by atoms with Crippen molar-refractivity contribution in [2.24, 2.45) is 0 Å². The standard InChI is InChI=1S/C9H9ClF3N3O/c1-5(4-9(11,12)13)14-8(17)6-2-3-7(10)16-15-6/h2-3,5H,4H2,1H3,(H,14,17). The minimum absolute atomic E-state index is 0.0802. The second-order valence-electron chi connectivity index (χ2n) is 3.44. The van der Waals surface area contributed by atoms with E-state index in [4.69, 9.17) is 11.6 Å². The Hall–Kier alpha value is -1.37. The van der Waals surface area contributed by atoms with Gasteiger partial charge in [0, 0.05) is 6.04 Å². The molecule has 8 heteroatoms. The fourth-order valence-electron chi connectivity index (χ4n) is 1.13. The van der Waals surface area contributed by atoms with Gasteiger partial charge in [0.15, 0.2) is 10.8 Å². The lowest BCUT2D eigenvalue weighted by Crippen LogP contribution is -2.36. The van der Waals surface area contributed by atoms with Gasteiger partial charge in [0.1, 0.15) is 0 Å². The average Bonchev–Trinajstić information content (AvgIpc) is 2.15. The maximum absolute atomic E-state index is 12.0. The molecule has 1 heterocycles. The monoisotopic (exact) mass is 267 g/mol. The van der Waals surface area contributed by atoms with Gasteiger partial charge in [-0.3, -0.25) is 4.79 Å². The molecule has 0 aliphatic rings. The summed E-state index contributed by atoms with van der Waals surface area (Å²) in [5, 5.41) is 9.14. The lowest BCUT2D eigenvalue weighted by atomic mass is 10.2. The van der Waals surface area contributed by atoms with Gasteiger partial charge in [-0.05, 0) is 19.1 Å². The van der Waals surface area contributed by atoms with Crippen molar-refractivity contribution in [1.29, 1.82) is 0 Å². The molecular weight excluding hydrogens is 259 g/mol. The summed E-state index contributed by atoms with van der Waals surface area (Å²) in [5.41, 5.74) is -0.0802. The molecule has 17 heavy (non-hydrogen) atoms. The van der Waals surface area contributed by atoms with E-state index >= 15 is 0 Å². The van der Waals surface area contributed by atoms with Crippen LogP contribution in [0.1, 0.15) is 23.8 Å². The Kier molecular flexibility index (Phi) is 4.28. The molecule has 1 unspecified atom stereocenters. The van der Waals surface area contributed by atoms with Crippen LogP contribution in [0.15, 0.2) is 12.1 Å². The van der Waals surface area contributed by atoms with E-state index in [1.165, 1.54) is 19.1 Å². The zero-order valence-electron chi connectivity index (χ0n) is 8.75. The van der Waals surface area contributed by atoms with Gasteiger partial charge in [-0.1, -0.05) is 11.6 Å². The largest absolute Gasteiger partial charge is 0.391 e. The number of alkyl halides is 3. The number of carbonyl (C=O) groups excluding carboxylic acids is 1. The maximum Gasteiger partial charge on any atom is 0.391 e. The van der Waals surface area contributed by atoms with Crippen LogP contribution in [0.25, 0.3) is 0 Å². The first-order chi connectivity index (χ1) is 7.78. The summed E-state index contributed by atoms with van der Waals surface area (Å²) >= 11 is 5.46. The molecular formula is C9H9ClF3N3O. The van der Waals surface area contributed by atoms with E-state index in [9.17, 15) is 18.0 Å². The van der Waals surface area contributed by atoms with Crippen LogP contribution >= 0.6 is 11.6 Å². The third kappa shape index (κ3) is 4.99. The van der Waals surface area contributed by atoms with E-state index in [0.29, 0.717) is 0 Å². The van der Waals surface area contributed by atoms with Gasteiger partial charge in [-0.2, -0.15) is 13.2 Å². The van der Waals surface area contributed by atoms with Crippen molar-refractivity contribution in [2.75, 3.05) is 0 Å². The summed E-state index contributed by atoms with van der Waals surface area (Å²) in [6.45, 7) is 1.26. The van der Waals surface area contributed by atoms with Crippen molar-refractivity contribution < 1.29 is 18.0 Å². The smallest absolute Gasteiger partial charge is 0.348 e. The Morgan fingerprint density at radius 2 is 2.12 bits per heavy atom. The molecule has 0 aliphatic heterocycles. The number of aromatic nitrogens is 2. The molecule has 1 rings (SSSR count). The summed E-state index contributed by atoms with van der Waals surface area (Å²) in [4.78, 5) is 11.4. The molecule has 0 saturated heterocycles. The topological polar surface area (TPSA) is 54.9 Å². The van der Waals surface area contributed by atoms with Crippen molar-refractivity contribution in [3.8, 4) is 0 Å². The molecule has 0 fully saturated rings. The summed E-state index contributed by atoms with van der Waals surface area (Å²) in [5.74, 6) is -0.717. The van der Waals surface area contributed by atoms with Gasteiger partial charge in [0.05, 0.1) is 6.42 Å². The van der Waals surface area contributed by atoms with Crippen LogP contribution < -0.4 is 5.32 Å². The van der Waals surface area contributed by atoms with Crippen molar-refractivity contribution in [3.05, 3.63) is 23.0 Å². The van der Waals surface area contributed by atoms with Gasteiger partial charge < -0.3 is 5.32 Å². The fraction of sp³-hybridized carbons (Fsp3) is 0.444. The second-order valence-corrected chi connectivity index (χ2v) is 3.82. The van der Waals surface area contributed by atoms with E-state index in [-0.39, 0.29) is 10.8 Å². The minimum atomic E-state index is -4.32. The van der Waals surface area contributed by atoms with Crippen LogP contribution in [0.3, 0.4) is 0 Å². The Morgan fingerprint density at radius 1 is 1.47 bits per heavy atom. The molecule has 1 amide bonds. The lowest BCUT2D eigenvalue weighted by Gasteiger charge is -2.15. The highest BCUT2D eigenvalue weighted by molar-refractivity contribution is 6.29. The number of carbonyl (C=O) groups is 1. The zero-order chi connectivity index (χ0) is 13.1. The highest BCUT2D eigenvalue weighted by Crippen LogP contribution is 2.21. The van der Waals surface area contributed by atoms with Gasteiger partial charge in [0.25, 0.3) is 5.91 Å². The number of halogens is 4. The highest BCUT2D eigenvalue weighted by atomic mass is 35.5. The first kappa shape index (κ1) is 13.7. The fourth-order valence-corrected chi connectivity index (χ4v) is 1.23. The van der Waals surface area contributed by atoms with Crippen molar-refractivity contribution in [2.45, 2.75) is 25.6 Å². The number of nitrogens with one attached hydrogen (secondary N) is 1. The normalized spacial score (nSPS) is 13.2. The van der Waals surface area contributed by atoms with E-state index in [0.717, 1.165) is 0 Å². The Bertz CT molecular complexity index is 393. The molecule has 0 bridgehead atoms. The number of hydrogen-bond acceptors (Lipinski definition) is 3. The van der Waals surface area contributed by atoms with Crippen LogP contribution in [0.2, 0.25) is 5.15 Å². The van der Waals surface area contributed by atoms with Crippen LogP contribution in [-0.4, -0.2) is 28.3 Å². The number of amides is 1. The summed E-state index contributed by atoms with van der Waals surface area (Å²) in [6.07, 6.45) is -5.42. The summed E-state index contributed by atoms with van der Waals surface area (Å²) < 4.78 is 36.0. The quantitative estimate of drug-likeness (QED) is 0.913. The number of nitrogens with zero attached hydrogens (tertiary/aromatic N) is 2. The molecule has 0 saturated carbocycles. The van der Waals surface area contributed by atoms with E-state index in [1.54, 1.807) is 0 Å². The van der Waals surface area contributed by atoms with Gasteiger partial charge in [0.2, 0.25) is 0 Å². The molecule has 1 aromatic rings. The predicted octanol–water partition coefficient (Wildman–Crippen LogP) is 2.20.